The normalized spacial score (nSPS) is 11.4. The maximum Gasteiger partial charge on any atom is 0.229 e. The van der Waals surface area contributed by atoms with Crippen LogP contribution in [-0.4, -0.2) is 29.9 Å². The third kappa shape index (κ3) is 5.66. The van der Waals surface area contributed by atoms with E-state index in [0.29, 0.717) is 28.8 Å². The van der Waals surface area contributed by atoms with E-state index in [4.69, 9.17) is 24.4 Å². The number of furan rings is 1. The van der Waals surface area contributed by atoms with Gasteiger partial charge in [0.25, 0.3) is 0 Å². The van der Waals surface area contributed by atoms with Crippen LogP contribution in [0.3, 0.4) is 0 Å². The Labute approximate surface area is 304 Å². The van der Waals surface area contributed by atoms with E-state index in [0.717, 1.165) is 66.5 Å². The predicted octanol–water partition coefficient (Wildman–Crippen LogP) is 11.1. The van der Waals surface area contributed by atoms with Crippen molar-refractivity contribution in [3.63, 3.8) is 0 Å². The number of aromatic nitrogens is 6. The summed E-state index contributed by atoms with van der Waals surface area (Å²) in [6.45, 7) is 0. The number of fused-ring (bicyclic) bond motifs is 4. The van der Waals surface area contributed by atoms with Gasteiger partial charge in [-0.15, -0.1) is 0 Å². The van der Waals surface area contributed by atoms with Crippen LogP contribution in [0.1, 0.15) is 0 Å². The zero-order chi connectivity index (χ0) is 35.1. The second-order valence-electron chi connectivity index (χ2n) is 12.8. The van der Waals surface area contributed by atoms with Crippen LogP contribution in [0, 0.1) is 0 Å². The molecule has 10 rings (SSSR count). The summed E-state index contributed by atoms with van der Waals surface area (Å²) < 4.78 is 6.29. The fourth-order valence-corrected chi connectivity index (χ4v) is 6.79. The van der Waals surface area contributed by atoms with Crippen molar-refractivity contribution in [3.05, 3.63) is 170 Å². The van der Waals surface area contributed by atoms with Gasteiger partial charge < -0.3 is 4.42 Å². The minimum Gasteiger partial charge on any atom is -0.434 e. The Morgan fingerprint density at radius 2 is 0.962 bits per heavy atom. The van der Waals surface area contributed by atoms with Gasteiger partial charge in [0.05, 0.1) is 5.39 Å². The number of pyridine rings is 1. The van der Waals surface area contributed by atoms with Crippen LogP contribution in [0.25, 0.3) is 101 Å². The zero-order valence-electron chi connectivity index (χ0n) is 28.3. The smallest absolute Gasteiger partial charge is 0.229 e. The van der Waals surface area contributed by atoms with E-state index in [1.165, 1.54) is 5.39 Å². The summed E-state index contributed by atoms with van der Waals surface area (Å²) in [7, 11) is 0. The summed E-state index contributed by atoms with van der Waals surface area (Å²) in [4.78, 5) is 28.8. The fraction of sp³-hybridized carbons (Fsp3) is 0. The van der Waals surface area contributed by atoms with Gasteiger partial charge in [0.1, 0.15) is 17.5 Å². The first kappa shape index (κ1) is 30.4. The molecule has 7 nitrogen and oxygen atoms in total. The fourth-order valence-electron chi connectivity index (χ4n) is 6.79. The van der Waals surface area contributed by atoms with Crippen molar-refractivity contribution in [2.45, 2.75) is 0 Å². The molecule has 0 atom stereocenters. The number of benzene rings is 6. The minimum absolute atomic E-state index is 0.519. The molecule has 0 spiro atoms. The Morgan fingerprint density at radius 3 is 1.74 bits per heavy atom. The lowest BCUT2D eigenvalue weighted by Gasteiger charge is -2.10. The molecule has 4 aromatic heterocycles. The summed E-state index contributed by atoms with van der Waals surface area (Å²) in [5, 5.41) is 3.14. The van der Waals surface area contributed by atoms with E-state index < -0.39 is 0 Å². The van der Waals surface area contributed by atoms with Crippen molar-refractivity contribution in [2.75, 3.05) is 0 Å². The summed E-state index contributed by atoms with van der Waals surface area (Å²) >= 11 is 0. The molecular weight excluding hydrogens is 653 g/mol. The molecule has 0 N–H and O–H groups in total. The van der Waals surface area contributed by atoms with Crippen LogP contribution in [0.4, 0.5) is 0 Å². The number of hydrogen-bond donors (Lipinski definition) is 0. The quantitative estimate of drug-likeness (QED) is 0.173. The molecule has 0 amide bonds. The maximum atomic E-state index is 6.29. The summed E-state index contributed by atoms with van der Waals surface area (Å²) in [6.07, 6.45) is 3.42. The van der Waals surface area contributed by atoms with Gasteiger partial charge in [-0.05, 0) is 45.7 Å². The average Bonchev–Trinajstić information content (AvgIpc) is 3.62. The van der Waals surface area contributed by atoms with Gasteiger partial charge in [-0.1, -0.05) is 140 Å². The Balaban J connectivity index is 1.02. The topological polar surface area (TPSA) is 90.5 Å². The van der Waals surface area contributed by atoms with Crippen molar-refractivity contribution < 1.29 is 4.42 Å². The second kappa shape index (κ2) is 12.7. The molecule has 0 fully saturated rings. The zero-order valence-corrected chi connectivity index (χ0v) is 28.3. The molecule has 0 aliphatic heterocycles. The van der Waals surface area contributed by atoms with Crippen molar-refractivity contribution in [1.29, 1.82) is 0 Å². The van der Waals surface area contributed by atoms with Crippen LogP contribution in [-0.2, 0) is 0 Å². The summed E-state index contributed by atoms with van der Waals surface area (Å²) in [5.74, 6) is 1.83. The lowest BCUT2D eigenvalue weighted by Crippen LogP contribution is -2.00. The third-order valence-corrected chi connectivity index (χ3v) is 9.50. The molecule has 53 heavy (non-hydrogen) atoms. The van der Waals surface area contributed by atoms with E-state index >= 15 is 0 Å². The Kier molecular flexibility index (Phi) is 7.32. The third-order valence-electron chi connectivity index (χ3n) is 9.50. The van der Waals surface area contributed by atoms with Crippen LogP contribution in [0.2, 0.25) is 0 Å². The summed E-state index contributed by atoms with van der Waals surface area (Å²) in [6, 6.07) is 53.5. The van der Waals surface area contributed by atoms with E-state index in [1.54, 1.807) is 6.33 Å². The van der Waals surface area contributed by atoms with Gasteiger partial charge >= 0.3 is 0 Å². The van der Waals surface area contributed by atoms with Gasteiger partial charge in [0.15, 0.2) is 23.1 Å². The summed E-state index contributed by atoms with van der Waals surface area (Å²) in [5.41, 5.74) is 10.5. The van der Waals surface area contributed by atoms with Crippen molar-refractivity contribution in [3.8, 4) is 67.7 Å². The highest BCUT2D eigenvalue weighted by Crippen LogP contribution is 2.36. The average molecular weight is 681 g/mol. The molecule has 0 saturated carbocycles. The van der Waals surface area contributed by atoms with Crippen molar-refractivity contribution >= 4 is 33.0 Å². The van der Waals surface area contributed by atoms with Crippen LogP contribution >= 0.6 is 0 Å². The number of nitrogens with zero attached hydrogens (tertiary/aromatic N) is 6. The van der Waals surface area contributed by atoms with Crippen molar-refractivity contribution in [2.24, 2.45) is 0 Å². The Bertz CT molecular complexity index is 2940. The molecule has 6 aromatic carbocycles. The number of rotatable bonds is 6. The second-order valence-corrected chi connectivity index (χ2v) is 12.8. The molecule has 248 valence electrons. The highest BCUT2D eigenvalue weighted by Gasteiger charge is 2.18. The first-order valence-electron chi connectivity index (χ1n) is 17.3. The van der Waals surface area contributed by atoms with E-state index in [1.807, 2.05) is 91.1 Å². The standard InChI is InChI=1S/C46H28N6O/c1-3-10-29(11-4-1)35-16-9-17-37(25-35)45-51-43(32-13-5-2-6-14-32)50-44(52-45)33-21-18-31(19-22-33)38-26-39-41-42(53-46(39)47-27-38)40(48-28-49-41)36-23-20-30-12-7-8-15-34(30)24-36/h1-28H. The minimum atomic E-state index is 0.519. The monoisotopic (exact) mass is 680 g/mol. The van der Waals surface area contributed by atoms with Crippen molar-refractivity contribution in [1.82, 2.24) is 29.9 Å². The lowest BCUT2D eigenvalue weighted by molar-refractivity contribution is 0.652. The van der Waals surface area contributed by atoms with Crippen LogP contribution < -0.4 is 0 Å². The van der Waals surface area contributed by atoms with Crippen LogP contribution in [0.15, 0.2) is 175 Å². The molecule has 0 bridgehead atoms. The number of hydrogen-bond acceptors (Lipinski definition) is 7. The van der Waals surface area contributed by atoms with E-state index in [-0.39, 0.29) is 0 Å². The molecule has 10 aromatic rings. The van der Waals surface area contributed by atoms with Gasteiger partial charge in [0, 0.05) is 34.0 Å². The van der Waals surface area contributed by atoms with E-state index in [9.17, 15) is 0 Å². The SMILES string of the molecule is c1ccc(-c2cccc(-c3nc(-c4ccccc4)nc(-c4ccc(-c5cnc6oc7c(-c8ccc9ccccc9c8)ncnc7c6c5)cc4)n3)c2)cc1. The molecule has 0 unspecified atom stereocenters. The molecule has 4 heterocycles. The van der Waals surface area contributed by atoms with Crippen LogP contribution in [0.5, 0.6) is 0 Å². The molecule has 7 heteroatoms. The maximum absolute atomic E-state index is 6.29. The first-order chi connectivity index (χ1) is 26.2. The Hall–Kier alpha value is -7.38. The highest BCUT2D eigenvalue weighted by atomic mass is 16.3. The highest BCUT2D eigenvalue weighted by molar-refractivity contribution is 6.06. The van der Waals surface area contributed by atoms with Gasteiger partial charge in [0.2, 0.25) is 5.71 Å². The molecular formula is C46H28N6O. The molecule has 0 aliphatic carbocycles. The lowest BCUT2D eigenvalue weighted by atomic mass is 10.0. The molecule has 0 radical (unpaired) electrons. The van der Waals surface area contributed by atoms with Gasteiger partial charge in [-0.3, -0.25) is 0 Å². The molecule has 0 saturated heterocycles. The first-order valence-corrected chi connectivity index (χ1v) is 17.3. The molecule has 0 aliphatic rings. The Morgan fingerprint density at radius 1 is 0.377 bits per heavy atom. The van der Waals surface area contributed by atoms with Gasteiger partial charge in [-0.25, -0.2) is 29.9 Å². The van der Waals surface area contributed by atoms with Gasteiger partial charge in [-0.2, -0.15) is 0 Å². The largest absolute Gasteiger partial charge is 0.434 e. The van der Waals surface area contributed by atoms with E-state index in [2.05, 4.69) is 82.8 Å². The predicted molar refractivity (Wildman–Crippen MR) is 211 cm³/mol.